The van der Waals surface area contributed by atoms with Crippen LogP contribution in [0.1, 0.15) is 55.9 Å². The van der Waals surface area contributed by atoms with E-state index in [2.05, 4.69) is 15.7 Å². The lowest BCUT2D eigenvalue weighted by Crippen LogP contribution is -2.50. The average Bonchev–Trinajstić information content (AvgIpc) is 3.58. The van der Waals surface area contributed by atoms with Crippen LogP contribution >= 0.6 is 0 Å². The number of nitrogens with one attached hydrogen (secondary N) is 2. The number of urea groups is 1. The second kappa shape index (κ2) is 9.87. The maximum atomic E-state index is 13.3. The Bertz CT molecular complexity index is 1460. The van der Waals surface area contributed by atoms with Crippen LogP contribution in [0.3, 0.4) is 0 Å². The summed E-state index contributed by atoms with van der Waals surface area (Å²) in [5.41, 5.74) is 0.918. The third kappa shape index (κ3) is 5.16. The molecule has 5 rings (SSSR count). The van der Waals surface area contributed by atoms with Crippen molar-refractivity contribution in [2.24, 2.45) is 13.0 Å². The van der Waals surface area contributed by atoms with Gasteiger partial charge in [-0.05, 0) is 63.6 Å². The quantitative estimate of drug-likeness (QED) is 0.530. The smallest absolute Gasteiger partial charge is 0.331 e. The Hall–Kier alpha value is -3.89. The number of fused-ring (bicyclic) bond motifs is 1. The van der Waals surface area contributed by atoms with E-state index >= 15 is 0 Å². The highest BCUT2D eigenvalue weighted by Crippen LogP contribution is 2.30. The van der Waals surface area contributed by atoms with Crippen LogP contribution in [-0.2, 0) is 13.6 Å². The number of carbonyl (C=O) groups excluding carboxylic acids is 2. The van der Waals surface area contributed by atoms with Gasteiger partial charge < -0.3 is 15.5 Å². The predicted molar refractivity (Wildman–Crippen MR) is 140 cm³/mol. The molecule has 2 aromatic heterocycles. The minimum Gasteiger partial charge on any atom is -0.347 e. The molecule has 3 heterocycles. The van der Waals surface area contributed by atoms with Crippen molar-refractivity contribution in [1.82, 2.24) is 29.1 Å². The van der Waals surface area contributed by atoms with E-state index in [9.17, 15) is 19.2 Å². The van der Waals surface area contributed by atoms with Gasteiger partial charge in [-0.3, -0.25) is 23.4 Å². The van der Waals surface area contributed by atoms with Crippen molar-refractivity contribution in [3.05, 3.63) is 57.0 Å². The number of aromatic nitrogens is 4. The lowest BCUT2D eigenvalue weighted by Gasteiger charge is -2.33. The van der Waals surface area contributed by atoms with Crippen LogP contribution in [-0.4, -0.2) is 54.9 Å². The van der Waals surface area contributed by atoms with E-state index in [1.54, 1.807) is 45.6 Å². The first-order valence-corrected chi connectivity index (χ1v) is 12.9. The lowest BCUT2D eigenvalue weighted by atomic mass is 10.1. The van der Waals surface area contributed by atoms with Crippen LogP contribution in [0.5, 0.6) is 0 Å². The molecule has 196 valence electrons. The van der Waals surface area contributed by atoms with Crippen LogP contribution in [0, 0.1) is 5.92 Å². The molecule has 2 N–H and O–H groups in total. The van der Waals surface area contributed by atoms with E-state index in [1.807, 2.05) is 13.8 Å². The number of anilines is 1. The maximum absolute atomic E-state index is 13.3. The number of carbonyl (C=O) groups is 2. The molecule has 0 bridgehead atoms. The van der Waals surface area contributed by atoms with Crippen LogP contribution in [0.2, 0.25) is 0 Å². The van der Waals surface area contributed by atoms with E-state index in [4.69, 9.17) is 0 Å². The molecule has 0 spiro atoms. The minimum atomic E-state index is -0.323. The second-order valence-electron chi connectivity index (χ2n) is 10.4. The Morgan fingerprint density at radius 3 is 2.62 bits per heavy atom. The molecule has 11 heteroatoms. The molecular weight excluding hydrogens is 474 g/mol. The molecule has 1 aromatic carbocycles. The Morgan fingerprint density at radius 2 is 1.95 bits per heavy atom. The molecule has 1 unspecified atom stereocenters. The van der Waals surface area contributed by atoms with Gasteiger partial charge in [0.2, 0.25) is 0 Å². The molecule has 1 saturated heterocycles. The summed E-state index contributed by atoms with van der Waals surface area (Å²) in [4.78, 5) is 53.6. The minimum absolute atomic E-state index is 0.117. The number of likely N-dealkylation sites (tertiary alicyclic amines) is 1. The largest absolute Gasteiger partial charge is 0.347 e. The molecule has 2 aliphatic rings. The van der Waals surface area contributed by atoms with E-state index in [-0.39, 0.29) is 35.3 Å². The van der Waals surface area contributed by atoms with Crippen LogP contribution in [0.25, 0.3) is 10.9 Å². The third-order valence-corrected chi connectivity index (χ3v) is 7.08. The van der Waals surface area contributed by atoms with Crippen LogP contribution in [0.15, 0.2) is 40.2 Å². The van der Waals surface area contributed by atoms with E-state index in [1.165, 1.54) is 10.8 Å². The van der Waals surface area contributed by atoms with Crippen molar-refractivity contribution in [2.75, 3.05) is 18.4 Å². The number of amides is 3. The van der Waals surface area contributed by atoms with E-state index < -0.39 is 0 Å². The van der Waals surface area contributed by atoms with Crippen LogP contribution in [0.4, 0.5) is 10.5 Å². The molecule has 3 aromatic rings. The summed E-state index contributed by atoms with van der Waals surface area (Å²) < 4.78 is 4.55. The van der Waals surface area contributed by atoms with Gasteiger partial charge in [-0.25, -0.2) is 9.59 Å². The molecule has 3 amide bonds. The van der Waals surface area contributed by atoms with Crippen LogP contribution < -0.4 is 21.9 Å². The van der Waals surface area contributed by atoms with Gasteiger partial charge in [0.15, 0.2) is 0 Å². The molecule has 1 aliphatic carbocycles. The number of hydrogen-bond acceptors (Lipinski definition) is 5. The van der Waals surface area contributed by atoms with Gasteiger partial charge in [-0.1, -0.05) is 0 Å². The SMILES string of the molecule is CC(C)n1c(=O)n(CC2CC2)c(=O)c2cc(NC(=O)N3CCCC(NC(=O)c4cnn(C)c4)C3)ccc21. The number of piperidine rings is 1. The number of hydrogen-bond donors (Lipinski definition) is 2. The number of aryl methyl sites for hydroxylation is 1. The zero-order valence-corrected chi connectivity index (χ0v) is 21.4. The Labute approximate surface area is 214 Å². The van der Waals surface area contributed by atoms with Gasteiger partial charge in [0.1, 0.15) is 0 Å². The van der Waals surface area contributed by atoms with E-state index in [0.29, 0.717) is 47.7 Å². The molecule has 11 nitrogen and oxygen atoms in total. The number of benzene rings is 1. The summed E-state index contributed by atoms with van der Waals surface area (Å²) >= 11 is 0. The Balaban J connectivity index is 1.34. The highest BCUT2D eigenvalue weighted by atomic mass is 16.2. The Kier molecular flexibility index (Phi) is 6.61. The van der Waals surface area contributed by atoms with Crippen molar-refractivity contribution in [3.63, 3.8) is 0 Å². The summed E-state index contributed by atoms with van der Waals surface area (Å²) in [6.07, 6.45) is 6.76. The maximum Gasteiger partial charge on any atom is 0.331 e. The number of nitrogens with zero attached hydrogens (tertiary/aromatic N) is 5. The summed E-state index contributed by atoms with van der Waals surface area (Å²) in [6, 6.07) is 4.52. The van der Waals surface area contributed by atoms with Crippen molar-refractivity contribution in [1.29, 1.82) is 0 Å². The second-order valence-corrected chi connectivity index (χ2v) is 10.4. The predicted octanol–water partition coefficient (Wildman–Crippen LogP) is 2.31. The molecule has 0 radical (unpaired) electrons. The zero-order valence-electron chi connectivity index (χ0n) is 21.4. The van der Waals surface area contributed by atoms with Gasteiger partial charge in [0.25, 0.3) is 11.5 Å². The third-order valence-electron chi connectivity index (χ3n) is 7.08. The first-order chi connectivity index (χ1) is 17.7. The highest BCUT2D eigenvalue weighted by molar-refractivity contribution is 5.94. The fourth-order valence-electron chi connectivity index (χ4n) is 4.97. The number of rotatable bonds is 6. The van der Waals surface area contributed by atoms with Crippen molar-refractivity contribution >= 4 is 28.5 Å². The molecule has 2 fully saturated rings. The topological polar surface area (TPSA) is 123 Å². The molecule has 1 aliphatic heterocycles. The zero-order chi connectivity index (χ0) is 26.3. The molecule has 1 saturated carbocycles. The fourth-order valence-corrected chi connectivity index (χ4v) is 4.97. The monoisotopic (exact) mass is 507 g/mol. The molecule has 37 heavy (non-hydrogen) atoms. The lowest BCUT2D eigenvalue weighted by molar-refractivity contribution is 0.0913. The first-order valence-electron chi connectivity index (χ1n) is 12.9. The average molecular weight is 508 g/mol. The fraction of sp³-hybridized carbons (Fsp3) is 0.500. The van der Waals surface area contributed by atoms with Crippen molar-refractivity contribution in [3.8, 4) is 0 Å². The van der Waals surface area contributed by atoms with Crippen molar-refractivity contribution in [2.45, 2.75) is 58.2 Å². The molecular formula is C26H33N7O4. The summed E-state index contributed by atoms with van der Waals surface area (Å²) in [6.45, 7) is 5.22. The first kappa shape index (κ1) is 24.8. The van der Waals surface area contributed by atoms with E-state index in [0.717, 1.165) is 25.7 Å². The van der Waals surface area contributed by atoms with Gasteiger partial charge in [0.05, 0.1) is 22.7 Å². The van der Waals surface area contributed by atoms with Crippen molar-refractivity contribution < 1.29 is 9.59 Å². The summed E-state index contributed by atoms with van der Waals surface area (Å²) in [5.74, 6) is 0.158. The Morgan fingerprint density at radius 1 is 1.16 bits per heavy atom. The summed E-state index contributed by atoms with van der Waals surface area (Å²) in [5, 5.41) is 10.3. The van der Waals surface area contributed by atoms with Gasteiger partial charge in [-0.2, -0.15) is 5.10 Å². The summed E-state index contributed by atoms with van der Waals surface area (Å²) in [7, 11) is 1.75. The molecule has 1 atom stereocenters. The van der Waals surface area contributed by atoms with Gasteiger partial charge in [-0.15, -0.1) is 0 Å². The standard InChI is InChI=1S/C26H33N7O4/c1-16(2)33-22-9-8-19(11-21(22)24(35)32(26(33)37)13-17-6-7-17)29-25(36)31-10-4-5-20(15-31)28-23(34)18-12-27-30(3)14-18/h8-9,11-12,14,16-17,20H,4-7,10,13,15H2,1-3H3,(H,28,34)(H,29,36). The van der Waals surface area contributed by atoms with Gasteiger partial charge >= 0.3 is 11.7 Å². The van der Waals surface area contributed by atoms with Gasteiger partial charge in [0, 0.05) is 50.6 Å². The highest BCUT2D eigenvalue weighted by Gasteiger charge is 2.27. The normalized spacial score (nSPS) is 17.8.